The average molecular weight is 439 g/mol. The quantitative estimate of drug-likeness (QED) is 0.607. The minimum atomic E-state index is -3.48. The van der Waals surface area contributed by atoms with Crippen molar-refractivity contribution in [1.82, 2.24) is 9.62 Å². The lowest BCUT2D eigenvalue weighted by Gasteiger charge is -2.29. The van der Waals surface area contributed by atoms with Crippen molar-refractivity contribution in [2.75, 3.05) is 33.9 Å². The maximum Gasteiger partial charge on any atom is 0.240 e. The summed E-state index contributed by atoms with van der Waals surface area (Å²) in [6.45, 7) is 3.20. The number of ether oxygens (including phenoxy) is 2. The molecule has 8 heteroatoms. The third-order valence-corrected chi connectivity index (χ3v) is 6.84. The van der Waals surface area contributed by atoms with Crippen LogP contribution in [-0.4, -0.2) is 47.2 Å². The van der Waals surface area contributed by atoms with E-state index in [0.29, 0.717) is 11.6 Å². The lowest BCUT2D eigenvalue weighted by Crippen LogP contribution is -2.32. The molecular formula is C21H27ClN2O4S. The Hall–Kier alpha value is -1.80. The molecule has 0 fully saturated rings. The highest BCUT2D eigenvalue weighted by molar-refractivity contribution is 7.89. The van der Waals surface area contributed by atoms with Crippen molar-refractivity contribution in [3.8, 4) is 11.5 Å². The number of hydrogen-bond donors (Lipinski definition) is 1. The Morgan fingerprint density at radius 1 is 1.03 bits per heavy atom. The Morgan fingerprint density at radius 3 is 2.34 bits per heavy atom. The van der Waals surface area contributed by atoms with Gasteiger partial charge in [0.05, 0.1) is 19.1 Å². The summed E-state index contributed by atoms with van der Waals surface area (Å²) in [6.07, 6.45) is 2.67. The normalized spacial score (nSPS) is 14.4. The summed E-state index contributed by atoms with van der Waals surface area (Å²) in [5.74, 6) is 1.53. The molecule has 0 saturated carbocycles. The van der Waals surface area contributed by atoms with Crippen LogP contribution in [0.1, 0.15) is 24.0 Å². The van der Waals surface area contributed by atoms with Crippen LogP contribution >= 0.6 is 11.6 Å². The Kier molecular flexibility index (Phi) is 7.40. The molecule has 0 radical (unpaired) electrons. The number of sulfonamides is 1. The minimum Gasteiger partial charge on any atom is -0.493 e. The van der Waals surface area contributed by atoms with Crippen molar-refractivity contribution in [3.63, 3.8) is 0 Å². The predicted octanol–water partition coefficient (Wildman–Crippen LogP) is 3.47. The zero-order chi connectivity index (χ0) is 20.9. The van der Waals surface area contributed by atoms with E-state index >= 15 is 0 Å². The van der Waals surface area contributed by atoms with Gasteiger partial charge in [0.2, 0.25) is 10.0 Å². The summed E-state index contributed by atoms with van der Waals surface area (Å²) in [7, 11) is -0.183. The molecule has 0 saturated heterocycles. The molecule has 2 aromatic carbocycles. The molecule has 3 rings (SSSR count). The summed E-state index contributed by atoms with van der Waals surface area (Å²) in [5, 5.41) is 0.517. The largest absolute Gasteiger partial charge is 0.493 e. The van der Waals surface area contributed by atoms with E-state index in [9.17, 15) is 8.42 Å². The van der Waals surface area contributed by atoms with Crippen LogP contribution in [-0.2, 0) is 23.0 Å². The fourth-order valence-corrected chi connectivity index (χ4v) is 4.70. The van der Waals surface area contributed by atoms with E-state index in [1.807, 2.05) is 0 Å². The number of nitrogens with zero attached hydrogens (tertiary/aromatic N) is 1. The van der Waals surface area contributed by atoms with Crippen LogP contribution < -0.4 is 14.2 Å². The van der Waals surface area contributed by atoms with Gasteiger partial charge < -0.3 is 9.47 Å². The molecule has 0 atom stereocenters. The smallest absolute Gasteiger partial charge is 0.240 e. The highest BCUT2D eigenvalue weighted by Gasteiger charge is 2.19. The molecule has 0 spiro atoms. The molecule has 1 heterocycles. The van der Waals surface area contributed by atoms with Gasteiger partial charge in [-0.3, -0.25) is 4.90 Å². The Balaban J connectivity index is 1.45. The van der Waals surface area contributed by atoms with Gasteiger partial charge in [-0.05, 0) is 73.3 Å². The summed E-state index contributed by atoms with van der Waals surface area (Å²) in [4.78, 5) is 2.63. The number of hydrogen-bond acceptors (Lipinski definition) is 5. The molecule has 1 N–H and O–H groups in total. The number of nitrogens with one attached hydrogen (secondary N) is 1. The number of unbranched alkanes of at least 4 members (excludes halogenated alkanes) is 1. The van der Waals surface area contributed by atoms with E-state index in [2.05, 4.69) is 21.8 Å². The first-order valence-corrected chi connectivity index (χ1v) is 11.5. The van der Waals surface area contributed by atoms with Crippen molar-refractivity contribution in [2.45, 2.75) is 30.7 Å². The molecule has 0 amide bonds. The topological polar surface area (TPSA) is 67.9 Å². The summed E-state index contributed by atoms with van der Waals surface area (Å²) < 4.78 is 38.0. The molecule has 2 aromatic rings. The second-order valence-corrected chi connectivity index (χ2v) is 9.26. The fraction of sp³-hybridized carbons (Fsp3) is 0.429. The van der Waals surface area contributed by atoms with Crippen LogP contribution in [0.4, 0.5) is 0 Å². The maximum atomic E-state index is 12.3. The minimum absolute atomic E-state index is 0.235. The number of rotatable bonds is 9. The number of benzene rings is 2. The van der Waals surface area contributed by atoms with Crippen molar-refractivity contribution in [3.05, 3.63) is 52.5 Å². The maximum absolute atomic E-state index is 12.3. The number of halogens is 1. The van der Waals surface area contributed by atoms with E-state index in [1.54, 1.807) is 26.4 Å². The summed E-state index contributed by atoms with van der Waals surface area (Å²) in [5.41, 5.74) is 2.56. The predicted molar refractivity (Wildman–Crippen MR) is 114 cm³/mol. The average Bonchev–Trinajstić information content (AvgIpc) is 2.72. The zero-order valence-corrected chi connectivity index (χ0v) is 18.4. The standard InChI is InChI=1S/C21H27ClN2O4S/c1-27-20-13-16-9-12-24(15-17(16)14-21(20)28-2)11-4-3-10-23-29(25,26)19-7-5-18(22)6-8-19/h5-8,13-14,23H,3-4,9-12,15H2,1-2H3. The van der Waals surface area contributed by atoms with Crippen LogP contribution in [0.5, 0.6) is 11.5 Å². The lowest BCUT2D eigenvalue weighted by molar-refractivity contribution is 0.248. The van der Waals surface area contributed by atoms with E-state index in [-0.39, 0.29) is 4.90 Å². The highest BCUT2D eigenvalue weighted by Crippen LogP contribution is 2.33. The van der Waals surface area contributed by atoms with Crippen LogP contribution in [0, 0.1) is 0 Å². The first-order valence-electron chi connectivity index (χ1n) is 9.64. The second-order valence-electron chi connectivity index (χ2n) is 7.06. The van der Waals surface area contributed by atoms with Gasteiger partial charge in [0, 0.05) is 24.7 Å². The molecule has 6 nitrogen and oxygen atoms in total. The van der Waals surface area contributed by atoms with Crippen LogP contribution in [0.2, 0.25) is 5.02 Å². The monoisotopic (exact) mass is 438 g/mol. The van der Waals surface area contributed by atoms with Crippen molar-refractivity contribution in [2.24, 2.45) is 0 Å². The molecule has 158 valence electrons. The molecular weight excluding hydrogens is 412 g/mol. The Morgan fingerprint density at radius 2 is 1.69 bits per heavy atom. The van der Waals surface area contributed by atoms with Crippen molar-refractivity contribution < 1.29 is 17.9 Å². The van der Waals surface area contributed by atoms with E-state index in [4.69, 9.17) is 21.1 Å². The van der Waals surface area contributed by atoms with Gasteiger partial charge in [-0.2, -0.15) is 0 Å². The van der Waals surface area contributed by atoms with Gasteiger partial charge in [0.15, 0.2) is 11.5 Å². The molecule has 0 aliphatic carbocycles. The second kappa shape index (κ2) is 9.80. The van der Waals surface area contributed by atoms with Gasteiger partial charge in [-0.1, -0.05) is 11.6 Å². The third-order valence-electron chi connectivity index (χ3n) is 5.11. The molecule has 0 unspecified atom stereocenters. The molecule has 29 heavy (non-hydrogen) atoms. The van der Waals surface area contributed by atoms with E-state index in [1.165, 1.54) is 23.3 Å². The first kappa shape index (κ1) is 21.9. The van der Waals surface area contributed by atoms with Gasteiger partial charge in [-0.15, -0.1) is 0 Å². The fourth-order valence-electron chi connectivity index (χ4n) is 3.50. The number of fused-ring (bicyclic) bond motifs is 1. The summed E-state index contributed by atoms with van der Waals surface area (Å²) >= 11 is 5.81. The highest BCUT2D eigenvalue weighted by atomic mass is 35.5. The first-order chi connectivity index (χ1) is 13.9. The number of methoxy groups -OCH3 is 2. The molecule has 0 bridgehead atoms. The van der Waals surface area contributed by atoms with Gasteiger partial charge in [0.25, 0.3) is 0 Å². The SMILES string of the molecule is COc1cc2c(cc1OC)CN(CCCCNS(=O)(=O)c1ccc(Cl)cc1)CC2. The van der Waals surface area contributed by atoms with Crippen LogP contribution in [0.15, 0.2) is 41.3 Å². The Labute approximate surface area is 177 Å². The van der Waals surface area contributed by atoms with Crippen LogP contribution in [0.25, 0.3) is 0 Å². The van der Waals surface area contributed by atoms with Gasteiger partial charge in [-0.25, -0.2) is 13.1 Å². The molecule has 0 aromatic heterocycles. The molecule has 1 aliphatic rings. The van der Waals surface area contributed by atoms with Gasteiger partial charge >= 0.3 is 0 Å². The van der Waals surface area contributed by atoms with Crippen LogP contribution in [0.3, 0.4) is 0 Å². The third kappa shape index (κ3) is 5.63. The summed E-state index contributed by atoms with van der Waals surface area (Å²) in [6, 6.07) is 10.3. The molecule has 1 aliphatic heterocycles. The van der Waals surface area contributed by atoms with E-state index < -0.39 is 10.0 Å². The zero-order valence-electron chi connectivity index (χ0n) is 16.8. The lowest BCUT2D eigenvalue weighted by atomic mass is 9.98. The van der Waals surface area contributed by atoms with Crippen molar-refractivity contribution in [1.29, 1.82) is 0 Å². The van der Waals surface area contributed by atoms with E-state index in [0.717, 1.165) is 50.4 Å². The Bertz CT molecular complexity index is 932. The van der Waals surface area contributed by atoms with Gasteiger partial charge in [0.1, 0.15) is 0 Å². The van der Waals surface area contributed by atoms with Crippen molar-refractivity contribution >= 4 is 21.6 Å².